The first-order chi connectivity index (χ1) is 12.3. The van der Waals surface area contributed by atoms with Crippen LogP contribution in [0.25, 0.3) is 11.0 Å². The van der Waals surface area contributed by atoms with Crippen LogP contribution in [0.2, 0.25) is 0 Å². The van der Waals surface area contributed by atoms with Gasteiger partial charge in [0.05, 0.1) is 24.1 Å². The van der Waals surface area contributed by atoms with Crippen LogP contribution in [0, 0.1) is 13.8 Å². The van der Waals surface area contributed by atoms with E-state index in [0.29, 0.717) is 28.0 Å². The number of rotatable bonds is 4. The SMILES string of the molecule is COc1ccc(C)cc1C(C)NC(=O)c1cc(C)nc2c1c(=O)[nH]n2C. The highest BCUT2D eigenvalue weighted by atomic mass is 16.5. The van der Waals surface area contributed by atoms with E-state index in [0.717, 1.165) is 11.1 Å². The molecule has 136 valence electrons. The molecule has 3 rings (SSSR count). The number of hydrogen-bond donors (Lipinski definition) is 2. The second-order valence-corrected chi connectivity index (χ2v) is 6.45. The molecule has 0 fully saturated rings. The van der Waals surface area contributed by atoms with Gasteiger partial charge in [0.1, 0.15) is 5.75 Å². The number of nitrogens with zero attached hydrogens (tertiary/aromatic N) is 2. The van der Waals surface area contributed by atoms with Gasteiger partial charge in [0, 0.05) is 18.3 Å². The Morgan fingerprint density at radius 3 is 2.73 bits per heavy atom. The lowest BCUT2D eigenvalue weighted by Crippen LogP contribution is -2.28. The van der Waals surface area contributed by atoms with Gasteiger partial charge in [-0.25, -0.2) is 4.98 Å². The summed E-state index contributed by atoms with van der Waals surface area (Å²) in [6, 6.07) is 7.16. The van der Waals surface area contributed by atoms with Gasteiger partial charge in [-0.2, -0.15) is 0 Å². The Bertz CT molecular complexity index is 1050. The molecular weight excluding hydrogens is 332 g/mol. The van der Waals surface area contributed by atoms with E-state index < -0.39 is 0 Å². The first kappa shape index (κ1) is 17.7. The van der Waals surface area contributed by atoms with Gasteiger partial charge in [-0.05, 0) is 32.9 Å². The maximum absolute atomic E-state index is 12.9. The number of fused-ring (bicyclic) bond motifs is 1. The van der Waals surface area contributed by atoms with Crippen molar-refractivity contribution in [3.8, 4) is 5.75 Å². The molecule has 7 heteroatoms. The Kier molecular flexibility index (Phi) is 4.54. The molecule has 0 aliphatic heterocycles. The summed E-state index contributed by atoms with van der Waals surface area (Å²) >= 11 is 0. The minimum absolute atomic E-state index is 0.288. The molecule has 0 bridgehead atoms. The lowest BCUT2D eigenvalue weighted by molar-refractivity contribution is 0.0941. The Morgan fingerprint density at radius 1 is 1.31 bits per heavy atom. The molecule has 1 aromatic carbocycles. The molecule has 0 saturated heterocycles. The van der Waals surface area contributed by atoms with E-state index in [-0.39, 0.29) is 17.5 Å². The number of aromatic amines is 1. The molecule has 0 spiro atoms. The summed E-state index contributed by atoms with van der Waals surface area (Å²) in [7, 11) is 3.29. The highest BCUT2D eigenvalue weighted by Crippen LogP contribution is 2.26. The number of carbonyl (C=O) groups is 1. The third-order valence-electron chi connectivity index (χ3n) is 4.39. The molecule has 2 N–H and O–H groups in total. The number of methoxy groups -OCH3 is 1. The minimum Gasteiger partial charge on any atom is -0.496 e. The monoisotopic (exact) mass is 354 g/mol. The number of amides is 1. The van der Waals surface area contributed by atoms with Gasteiger partial charge in [0.15, 0.2) is 5.65 Å². The number of nitrogens with one attached hydrogen (secondary N) is 2. The third kappa shape index (κ3) is 3.08. The van der Waals surface area contributed by atoms with E-state index >= 15 is 0 Å². The second-order valence-electron chi connectivity index (χ2n) is 6.45. The number of H-pyrrole nitrogens is 1. The zero-order chi connectivity index (χ0) is 19.0. The fourth-order valence-corrected chi connectivity index (χ4v) is 3.11. The van der Waals surface area contributed by atoms with Crippen molar-refractivity contribution >= 4 is 16.9 Å². The van der Waals surface area contributed by atoms with Gasteiger partial charge in [-0.3, -0.25) is 19.4 Å². The number of carbonyl (C=O) groups excluding carboxylic acids is 1. The van der Waals surface area contributed by atoms with Crippen molar-refractivity contribution in [1.82, 2.24) is 20.1 Å². The molecule has 3 aromatic rings. The van der Waals surface area contributed by atoms with E-state index in [1.165, 1.54) is 4.68 Å². The maximum Gasteiger partial charge on any atom is 0.274 e. The number of aromatic nitrogens is 3. The van der Waals surface area contributed by atoms with Crippen molar-refractivity contribution in [2.45, 2.75) is 26.8 Å². The van der Waals surface area contributed by atoms with E-state index in [9.17, 15) is 9.59 Å². The first-order valence-electron chi connectivity index (χ1n) is 8.33. The Labute approximate surface area is 151 Å². The maximum atomic E-state index is 12.9. The molecule has 26 heavy (non-hydrogen) atoms. The first-order valence-corrected chi connectivity index (χ1v) is 8.33. The van der Waals surface area contributed by atoms with Crippen molar-refractivity contribution < 1.29 is 9.53 Å². The van der Waals surface area contributed by atoms with Crippen LogP contribution >= 0.6 is 0 Å². The lowest BCUT2D eigenvalue weighted by atomic mass is 10.0. The molecular formula is C19H22N4O3. The average molecular weight is 354 g/mol. The Balaban J connectivity index is 2.00. The minimum atomic E-state index is -0.332. The van der Waals surface area contributed by atoms with Gasteiger partial charge in [0.2, 0.25) is 0 Å². The van der Waals surface area contributed by atoms with Crippen molar-refractivity contribution in [3.05, 3.63) is 57.0 Å². The fourth-order valence-electron chi connectivity index (χ4n) is 3.11. The largest absolute Gasteiger partial charge is 0.496 e. The van der Waals surface area contributed by atoms with E-state index in [2.05, 4.69) is 15.4 Å². The molecule has 1 unspecified atom stereocenters. The number of aryl methyl sites for hydroxylation is 3. The van der Waals surface area contributed by atoms with Crippen molar-refractivity contribution in [2.24, 2.45) is 7.05 Å². The molecule has 0 radical (unpaired) electrons. The summed E-state index contributed by atoms with van der Waals surface area (Å²) in [4.78, 5) is 29.5. The van der Waals surface area contributed by atoms with Gasteiger partial charge >= 0.3 is 0 Å². The topological polar surface area (TPSA) is 89.0 Å². The predicted octanol–water partition coefficient (Wildman–Crippen LogP) is 2.38. The van der Waals surface area contributed by atoms with Gasteiger partial charge < -0.3 is 10.1 Å². The molecule has 0 aliphatic rings. The van der Waals surface area contributed by atoms with Crippen LogP contribution in [-0.2, 0) is 7.05 Å². The van der Waals surface area contributed by atoms with Crippen molar-refractivity contribution in [3.63, 3.8) is 0 Å². The third-order valence-corrected chi connectivity index (χ3v) is 4.39. The number of hydrogen-bond acceptors (Lipinski definition) is 4. The van der Waals surface area contributed by atoms with E-state index in [4.69, 9.17) is 4.74 Å². The average Bonchev–Trinajstić information content (AvgIpc) is 2.88. The van der Waals surface area contributed by atoms with Crippen molar-refractivity contribution in [1.29, 1.82) is 0 Å². The fraction of sp³-hybridized carbons (Fsp3) is 0.316. The molecule has 2 heterocycles. The van der Waals surface area contributed by atoms with Gasteiger partial charge in [-0.1, -0.05) is 17.7 Å². The summed E-state index contributed by atoms with van der Waals surface area (Å²) in [5.41, 5.74) is 3.06. The summed E-state index contributed by atoms with van der Waals surface area (Å²) in [5, 5.41) is 5.90. The quantitative estimate of drug-likeness (QED) is 0.753. The van der Waals surface area contributed by atoms with Crippen LogP contribution in [-0.4, -0.2) is 27.8 Å². The van der Waals surface area contributed by atoms with Crippen molar-refractivity contribution in [2.75, 3.05) is 7.11 Å². The van der Waals surface area contributed by atoms with E-state index in [1.807, 2.05) is 32.0 Å². The molecule has 0 saturated carbocycles. The normalized spacial score (nSPS) is 12.2. The number of benzene rings is 1. The Morgan fingerprint density at radius 2 is 2.04 bits per heavy atom. The van der Waals surface area contributed by atoms with Gasteiger partial charge in [0.25, 0.3) is 11.5 Å². The summed E-state index contributed by atoms with van der Waals surface area (Å²) in [6.07, 6.45) is 0. The molecule has 1 atom stereocenters. The van der Waals surface area contributed by atoms with Crippen LogP contribution in [0.3, 0.4) is 0 Å². The second kappa shape index (κ2) is 6.67. The highest BCUT2D eigenvalue weighted by molar-refractivity contribution is 6.05. The van der Waals surface area contributed by atoms with E-state index in [1.54, 1.807) is 27.1 Å². The smallest absolute Gasteiger partial charge is 0.274 e. The number of pyridine rings is 1. The van der Waals surface area contributed by atoms with Gasteiger partial charge in [-0.15, -0.1) is 0 Å². The predicted molar refractivity (Wildman–Crippen MR) is 99.7 cm³/mol. The molecule has 2 aromatic heterocycles. The van der Waals surface area contributed by atoms with Crippen LogP contribution in [0.4, 0.5) is 0 Å². The molecule has 7 nitrogen and oxygen atoms in total. The van der Waals surface area contributed by atoms with Crippen LogP contribution < -0.4 is 15.6 Å². The number of ether oxygens (including phenoxy) is 1. The molecule has 0 aliphatic carbocycles. The molecule has 1 amide bonds. The summed E-state index contributed by atoms with van der Waals surface area (Å²) < 4.78 is 6.92. The highest BCUT2D eigenvalue weighted by Gasteiger charge is 2.20. The summed E-state index contributed by atoms with van der Waals surface area (Å²) in [5.74, 6) is 0.380. The standard InChI is InChI=1S/C19H22N4O3/c1-10-6-7-15(26-5)13(8-10)12(3)21-18(24)14-9-11(2)20-17-16(14)19(25)22-23(17)4/h6-9,12H,1-5H3,(H,21,24)(H,22,25). The van der Waals surface area contributed by atoms with Crippen LogP contribution in [0.5, 0.6) is 5.75 Å². The zero-order valence-electron chi connectivity index (χ0n) is 15.5. The zero-order valence-corrected chi connectivity index (χ0v) is 15.5. The van der Waals surface area contributed by atoms with Crippen LogP contribution in [0.1, 0.15) is 40.1 Å². The Hall–Kier alpha value is -3.09. The lowest BCUT2D eigenvalue weighted by Gasteiger charge is -2.18. The van der Waals surface area contributed by atoms with Crippen LogP contribution in [0.15, 0.2) is 29.1 Å². The summed E-state index contributed by atoms with van der Waals surface area (Å²) in [6.45, 7) is 5.66.